The van der Waals surface area contributed by atoms with Gasteiger partial charge < -0.3 is 4.90 Å². The molecule has 0 heterocycles. The van der Waals surface area contributed by atoms with Crippen molar-refractivity contribution >= 4 is 17.0 Å². The van der Waals surface area contributed by atoms with Crippen LogP contribution in [0.25, 0.3) is 0 Å². The lowest BCUT2D eigenvalue weighted by Crippen LogP contribution is -2.11. The van der Waals surface area contributed by atoms with Gasteiger partial charge in [-0.1, -0.05) is 25.5 Å². The SMILES string of the molecule is Br.CCCC=CCCN(C)C. The summed E-state index contributed by atoms with van der Waals surface area (Å²) in [6.07, 6.45) is 8.21. The maximum absolute atomic E-state index is 2.27. The molecule has 0 aliphatic heterocycles. The molecular weight excluding hydrogens is 202 g/mol. The van der Waals surface area contributed by atoms with Crippen molar-refractivity contribution in [3.63, 3.8) is 0 Å². The van der Waals surface area contributed by atoms with Gasteiger partial charge in [0.2, 0.25) is 0 Å². The Labute approximate surface area is 81.2 Å². The van der Waals surface area contributed by atoms with E-state index in [1.165, 1.54) is 25.8 Å². The topological polar surface area (TPSA) is 3.24 Å². The first-order valence-electron chi connectivity index (χ1n) is 4.07. The Morgan fingerprint density at radius 2 is 1.64 bits per heavy atom. The molecule has 1 nitrogen and oxygen atoms in total. The van der Waals surface area contributed by atoms with Gasteiger partial charge in [0.1, 0.15) is 0 Å². The van der Waals surface area contributed by atoms with Crippen molar-refractivity contribution < 1.29 is 0 Å². The van der Waals surface area contributed by atoms with Crippen molar-refractivity contribution in [1.82, 2.24) is 4.90 Å². The Morgan fingerprint density at radius 3 is 2.09 bits per heavy atom. The van der Waals surface area contributed by atoms with E-state index in [1.807, 2.05) is 0 Å². The Balaban J connectivity index is 0. The second kappa shape index (κ2) is 10.2. The third-order valence-electron chi connectivity index (χ3n) is 1.36. The molecule has 0 aromatic rings. The molecule has 0 saturated heterocycles. The number of unbranched alkanes of at least 4 members (excludes halogenated alkanes) is 1. The van der Waals surface area contributed by atoms with Gasteiger partial charge >= 0.3 is 0 Å². The summed E-state index contributed by atoms with van der Waals surface area (Å²) in [4.78, 5) is 2.20. The molecule has 0 bridgehead atoms. The summed E-state index contributed by atoms with van der Waals surface area (Å²) in [7, 11) is 4.21. The zero-order valence-electron chi connectivity index (χ0n) is 7.84. The molecule has 0 atom stereocenters. The second-order valence-corrected chi connectivity index (χ2v) is 2.85. The monoisotopic (exact) mass is 221 g/mol. The van der Waals surface area contributed by atoms with Crippen LogP contribution >= 0.6 is 17.0 Å². The Morgan fingerprint density at radius 1 is 1.09 bits per heavy atom. The van der Waals surface area contributed by atoms with E-state index in [2.05, 4.69) is 38.1 Å². The molecule has 2 heteroatoms. The van der Waals surface area contributed by atoms with Gasteiger partial charge in [-0.25, -0.2) is 0 Å². The van der Waals surface area contributed by atoms with Crippen molar-refractivity contribution in [2.24, 2.45) is 0 Å². The largest absolute Gasteiger partial charge is 0.309 e. The molecule has 0 aromatic heterocycles. The van der Waals surface area contributed by atoms with Gasteiger partial charge in [-0.3, -0.25) is 0 Å². The third-order valence-corrected chi connectivity index (χ3v) is 1.36. The van der Waals surface area contributed by atoms with Crippen LogP contribution in [0.1, 0.15) is 26.2 Å². The van der Waals surface area contributed by atoms with Crippen LogP contribution in [-0.2, 0) is 0 Å². The highest BCUT2D eigenvalue weighted by Gasteiger charge is 1.83. The predicted octanol–water partition coefficient (Wildman–Crippen LogP) is 2.87. The highest BCUT2D eigenvalue weighted by Crippen LogP contribution is 1.91. The predicted molar refractivity (Wildman–Crippen MR) is 57.5 cm³/mol. The van der Waals surface area contributed by atoms with E-state index in [0.29, 0.717) is 0 Å². The fourth-order valence-corrected chi connectivity index (χ4v) is 0.735. The molecule has 0 spiro atoms. The van der Waals surface area contributed by atoms with E-state index in [1.54, 1.807) is 0 Å². The highest BCUT2D eigenvalue weighted by molar-refractivity contribution is 8.93. The zero-order chi connectivity index (χ0) is 7.82. The fraction of sp³-hybridized carbons (Fsp3) is 0.778. The highest BCUT2D eigenvalue weighted by atomic mass is 79.9. The standard InChI is InChI=1S/C9H19N.BrH/c1-4-5-6-7-8-9-10(2)3;/h6-7H,4-5,8-9H2,1-3H3;1H. The minimum atomic E-state index is 0. The average molecular weight is 222 g/mol. The van der Waals surface area contributed by atoms with Gasteiger partial charge in [-0.2, -0.15) is 0 Å². The number of hydrogen-bond donors (Lipinski definition) is 0. The van der Waals surface area contributed by atoms with Crippen LogP contribution < -0.4 is 0 Å². The number of halogens is 1. The van der Waals surface area contributed by atoms with Gasteiger partial charge in [0.25, 0.3) is 0 Å². The van der Waals surface area contributed by atoms with Crippen LogP contribution in [0.4, 0.5) is 0 Å². The van der Waals surface area contributed by atoms with Crippen LogP contribution in [-0.4, -0.2) is 25.5 Å². The second-order valence-electron chi connectivity index (χ2n) is 2.85. The Hall–Kier alpha value is 0.180. The minimum absolute atomic E-state index is 0. The fourth-order valence-electron chi connectivity index (χ4n) is 0.735. The van der Waals surface area contributed by atoms with E-state index >= 15 is 0 Å². The quantitative estimate of drug-likeness (QED) is 0.646. The molecule has 68 valence electrons. The van der Waals surface area contributed by atoms with Crippen LogP contribution in [0, 0.1) is 0 Å². The first kappa shape index (κ1) is 13.7. The molecule has 0 saturated carbocycles. The van der Waals surface area contributed by atoms with E-state index in [9.17, 15) is 0 Å². The molecule has 0 unspecified atom stereocenters. The maximum Gasteiger partial charge on any atom is 0.000980 e. The van der Waals surface area contributed by atoms with Gasteiger partial charge in [-0.05, 0) is 26.9 Å². The number of rotatable bonds is 5. The molecule has 0 aliphatic carbocycles. The molecule has 0 fully saturated rings. The molecule has 0 radical (unpaired) electrons. The van der Waals surface area contributed by atoms with Crippen molar-refractivity contribution in [3.8, 4) is 0 Å². The van der Waals surface area contributed by atoms with Crippen LogP contribution in [0.15, 0.2) is 12.2 Å². The maximum atomic E-state index is 2.27. The zero-order valence-corrected chi connectivity index (χ0v) is 9.55. The van der Waals surface area contributed by atoms with Gasteiger partial charge in [0.05, 0.1) is 0 Å². The smallest absolute Gasteiger partial charge is 0.000980 e. The van der Waals surface area contributed by atoms with Gasteiger partial charge in [0.15, 0.2) is 0 Å². The lowest BCUT2D eigenvalue weighted by molar-refractivity contribution is 0.417. The van der Waals surface area contributed by atoms with E-state index in [-0.39, 0.29) is 17.0 Å². The summed E-state index contributed by atoms with van der Waals surface area (Å²) in [6.45, 7) is 3.37. The summed E-state index contributed by atoms with van der Waals surface area (Å²) >= 11 is 0. The van der Waals surface area contributed by atoms with E-state index in [4.69, 9.17) is 0 Å². The number of nitrogens with zero attached hydrogens (tertiary/aromatic N) is 1. The van der Waals surface area contributed by atoms with E-state index < -0.39 is 0 Å². The van der Waals surface area contributed by atoms with E-state index in [0.717, 1.165) is 0 Å². The van der Waals surface area contributed by atoms with Crippen molar-refractivity contribution in [3.05, 3.63) is 12.2 Å². The van der Waals surface area contributed by atoms with Gasteiger partial charge in [0, 0.05) is 6.54 Å². The summed E-state index contributed by atoms with van der Waals surface area (Å²) < 4.78 is 0. The lowest BCUT2D eigenvalue weighted by Gasteiger charge is -2.05. The third kappa shape index (κ3) is 13.2. The van der Waals surface area contributed by atoms with Gasteiger partial charge in [-0.15, -0.1) is 17.0 Å². The van der Waals surface area contributed by atoms with Crippen molar-refractivity contribution in [1.29, 1.82) is 0 Å². The normalized spacial score (nSPS) is 10.5. The first-order valence-corrected chi connectivity index (χ1v) is 4.07. The summed E-state index contributed by atoms with van der Waals surface area (Å²) in [5.74, 6) is 0. The van der Waals surface area contributed by atoms with Crippen LogP contribution in [0.2, 0.25) is 0 Å². The minimum Gasteiger partial charge on any atom is -0.309 e. The molecule has 0 aliphatic rings. The molecule has 11 heavy (non-hydrogen) atoms. The van der Waals surface area contributed by atoms with Crippen molar-refractivity contribution in [2.45, 2.75) is 26.2 Å². The lowest BCUT2D eigenvalue weighted by atomic mass is 10.3. The summed E-state index contributed by atoms with van der Waals surface area (Å²) in [6, 6.07) is 0. The molecular formula is C9H20BrN. The van der Waals surface area contributed by atoms with Crippen LogP contribution in [0.5, 0.6) is 0 Å². The first-order chi connectivity index (χ1) is 4.77. The Bertz CT molecular complexity index is 89.6. The molecule has 0 N–H and O–H groups in total. The van der Waals surface area contributed by atoms with Crippen LogP contribution in [0.3, 0.4) is 0 Å². The average Bonchev–Trinajstić information content (AvgIpc) is 1.87. The number of hydrogen-bond acceptors (Lipinski definition) is 1. The summed E-state index contributed by atoms with van der Waals surface area (Å²) in [5.41, 5.74) is 0. The molecule has 0 amide bonds. The number of allylic oxidation sites excluding steroid dienone is 1. The summed E-state index contributed by atoms with van der Waals surface area (Å²) in [5, 5.41) is 0. The Kier molecular flexibility index (Phi) is 12.7. The molecule has 0 rings (SSSR count). The molecule has 0 aromatic carbocycles. The van der Waals surface area contributed by atoms with Crippen molar-refractivity contribution in [2.75, 3.05) is 20.6 Å².